The molecule has 0 aliphatic carbocycles. The molecule has 0 saturated heterocycles. The van der Waals surface area contributed by atoms with Crippen LogP contribution in [-0.4, -0.2) is 12.5 Å². The minimum Gasteiger partial charge on any atom is -0.352 e. The molecule has 0 heterocycles. The molecule has 84 valence electrons. The summed E-state index contributed by atoms with van der Waals surface area (Å²) in [4.78, 5) is 11.1. The number of carbonyl (C=O) groups is 1. The number of halogens is 2. The first-order chi connectivity index (χ1) is 6.72. The Bertz CT molecular complexity index is 301. The van der Waals surface area contributed by atoms with Gasteiger partial charge >= 0.3 is 0 Å². The molecule has 1 rings (SSSR count). The van der Waals surface area contributed by atoms with E-state index in [0.29, 0.717) is 24.5 Å². The molecule has 0 fully saturated rings. The highest BCUT2D eigenvalue weighted by Crippen LogP contribution is 2.08. The van der Waals surface area contributed by atoms with Crippen molar-refractivity contribution in [2.75, 3.05) is 6.54 Å². The lowest BCUT2D eigenvalue weighted by Gasteiger charge is -2.04. The third kappa shape index (κ3) is 5.62. The van der Waals surface area contributed by atoms with Gasteiger partial charge in [0.1, 0.15) is 0 Å². The van der Waals surface area contributed by atoms with Crippen LogP contribution in [0.5, 0.6) is 0 Å². The van der Waals surface area contributed by atoms with Gasteiger partial charge in [-0.2, -0.15) is 0 Å². The summed E-state index contributed by atoms with van der Waals surface area (Å²) in [6, 6.07) is 7.36. The van der Waals surface area contributed by atoms with Gasteiger partial charge in [0.05, 0.1) is 0 Å². The first-order valence-corrected chi connectivity index (χ1v) is 4.81. The highest BCUT2D eigenvalue weighted by atomic mass is 35.5. The van der Waals surface area contributed by atoms with Crippen LogP contribution in [0.4, 0.5) is 0 Å². The van der Waals surface area contributed by atoms with Gasteiger partial charge in [-0.1, -0.05) is 23.7 Å². The summed E-state index contributed by atoms with van der Waals surface area (Å²) < 4.78 is 0. The van der Waals surface area contributed by atoms with Crippen molar-refractivity contribution in [2.24, 2.45) is 5.73 Å². The van der Waals surface area contributed by atoms with Crippen LogP contribution in [0.15, 0.2) is 24.3 Å². The van der Waals surface area contributed by atoms with Gasteiger partial charge in [0, 0.05) is 24.5 Å². The van der Waals surface area contributed by atoms with Gasteiger partial charge in [0.25, 0.3) is 0 Å². The fraction of sp³-hybridized carbons (Fsp3) is 0.300. The van der Waals surface area contributed by atoms with E-state index in [0.717, 1.165) is 5.56 Å². The van der Waals surface area contributed by atoms with E-state index in [9.17, 15) is 4.79 Å². The summed E-state index contributed by atoms with van der Waals surface area (Å²) in [6.07, 6.45) is 0.369. The zero-order valence-corrected chi connectivity index (χ0v) is 9.77. The van der Waals surface area contributed by atoms with Gasteiger partial charge in [-0.3, -0.25) is 4.79 Å². The van der Waals surface area contributed by atoms with Crippen molar-refractivity contribution in [3.8, 4) is 0 Å². The van der Waals surface area contributed by atoms with E-state index in [1.807, 2.05) is 12.1 Å². The van der Waals surface area contributed by atoms with Crippen molar-refractivity contribution in [1.82, 2.24) is 5.32 Å². The van der Waals surface area contributed by atoms with Crippen LogP contribution in [0.3, 0.4) is 0 Å². The molecule has 0 spiro atoms. The summed E-state index contributed by atoms with van der Waals surface area (Å²) in [7, 11) is 0. The summed E-state index contributed by atoms with van der Waals surface area (Å²) >= 11 is 5.72. The summed E-state index contributed by atoms with van der Waals surface area (Å²) in [5, 5.41) is 3.45. The van der Waals surface area contributed by atoms with E-state index in [1.165, 1.54) is 0 Å². The molecule has 1 aromatic rings. The molecule has 0 unspecified atom stereocenters. The molecule has 1 amide bonds. The molecule has 0 radical (unpaired) electrons. The van der Waals surface area contributed by atoms with Crippen LogP contribution >= 0.6 is 24.0 Å². The maximum Gasteiger partial charge on any atom is 0.221 e. The largest absolute Gasteiger partial charge is 0.352 e. The minimum absolute atomic E-state index is 0. The van der Waals surface area contributed by atoms with Gasteiger partial charge in [-0.15, -0.1) is 12.4 Å². The van der Waals surface area contributed by atoms with Crippen LogP contribution in [0.25, 0.3) is 0 Å². The average molecular weight is 249 g/mol. The second kappa shape index (κ2) is 7.51. The van der Waals surface area contributed by atoms with Gasteiger partial charge in [-0.05, 0) is 17.7 Å². The van der Waals surface area contributed by atoms with Crippen molar-refractivity contribution in [3.05, 3.63) is 34.9 Å². The van der Waals surface area contributed by atoms with Gasteiger partial charge < -0.3 is 11.1 Å². The topological polar surface area (TPSA) is 55.1 Å². The van der Waals surface area contributed by atoms with E-state index in [1.54, 1.807) is 12.1 Å². The van der Waals surface area contributed by atoms with Crippen molar-refractivity contribution in [2.45, 2.75) is 13.0 Å². The molecule has 15 heavy (non-hydrogen) atoms. The van der Waals surface area contributed by atoms with Gasteiger partial charge in [0.2, 0.25) is 5.91 Å². The molecule has 3 N–H and O–H groups in total. The Morgan fingerprint density at radius 1 is 1.33 bits per heavy atom. The Morgan fingerprint density at radius 3 is 2.47 bits per heavy atom. The van der Waals surface area contributed by atoms with E-state index in [-0.39, 0.29) is 18.3 Å². The van der Waals surface area contributed by atoms with Gasteiger partial charge in [0.15, 0.2) is 0 Å². The zero-order chi connectivity index (χ0) is 10.4. The Kier molecular flexibility index (Phi) is 7.13. The van der Waals surface area contributed by atoms with Crippen molar-refractivity contribution in [1.29, 1.82) is 0 Å². The Balaban J connectivity index is 0.00000196. The smallest absolute Gasteiger partial charge is 0.221 e. The molecule has 1 aromatic carbocycles. The van der Waals surface area contributed by atoms with Crippen molar-refractivity contribution < 1.29 is 4.79 Å². The first-order valence-electron chi connectivity index (χ1n) is 4.43. The third-order valence-electron chi connectivity index (χ3n) is 1.77. The molecule has 0 bridgehead atoms. The number of nitrogens with two attached hydrogens (primary N) is 1. The Labute approximate surface area is 100 Å². The number of carbonyl (C=O) groups excluding carboxylic acids is 1. The molecule has 0 aliphatic heterocycles. The molecule has 0 atom stereocenters. The second-order valence-corrected chi connectivity index (χ2v) is 3.38. The van der Waals surface area contributed by atoms with Gasteiger partial charge in [-0.25, -0.2) is 0 Å². The maximum atomic E-state index is 11.1. The fourth-order valence-corrected chi connectivity index (χ4v) is 1.15. The van der Waals surface area contributed by atoms with Crippen molar-refractivity contribution >= 4 is 29.9 Å². The van der Waals surface area contributed by atoms with Crippen LogP contribution in [0.2, 0.25) is 5.02 Å². The first kappa shape index (κ1) is 14.2. The van der Waals surface area contributed by atoms with Crippen LogP contribution < -0.4 is 11.1 Å². The molecular formula is C10H14Cl2N2O. The van der Waals surface area contributed by atoms with E-state index in [4.69, 9.17) is 17.3 Å². The highest BCUT2D eigenvalue weighted by Gasteiger charge is 1.98. The second-order valence-electron chi connectivity index (χ2n) is 2.94. The average Bonchev–Trinajstić information content (AvgIpc) is 2.17. The van der Waals surface area contributed by atoms with Crippen molar-refractivity contribution in [3.63, 3.8) is 0 Å². The summed E-state index contributed by atoms with van der Waals surface area (Å²) in [5.74, 6) is -0.0255. The molecule has 0 saturated carbocycles. The zero-order valence-electron chi connectivity index (χ0n) is 8.20. The number of nitrogens with one attached hydrogen (secondary N) is 1. The molecule has 5 heteroatoms. The Morgan fingerprint density at radius 2 is 1.93 bits per heavy atom. The lowest BCUT2D eigenvalue weighted by Crippen LogP contribution is -2.24. The normalized spacial score (nSPS) is 9.20. The Hall–Kier alpha value is -0.770. The molecule has 0 aliphatic rings. The lowest BCUT2D eigenvalue weighted by molar-refractivity contribution is -0.121. The van der Waals surface area contributed by atoms with Crippen LogP contribution in [0.1, 0.15) is 12.0 Å². The standard InChI is InChI=1S/C10H13ClN2O.ClH/c11-9-3-1-8(2-4-9)7-13-10(14)5-6-12;/h1-4H,5-7,12H2,(H,13,14);1H. The monoisotopic (exact) mass is 248 g/mol. The third-order valence-corrected chi connectivity index (χ3v) is 2.03. The number of rotatable bonds is 4. The SMILES string of the molecule is Cl.NCCC(=O)NCc1ccc(Cl)cc1. The van der Waals surface area contributed by atoms with E-state index in [2.05, 4.69) is 5.32 Å². The summed E-state index contributed by atoms with van der Waals surface area (Å²) in [6.45, 7) is 0.905. The number of benzene rings is 1. The number of hydrogen-bond donors (Lipinski definition) is 2. The molecule has 3 nitrogen and oxygen atoms in total. The summed E-state index contributed by atoms with van der Waals surface area (Å²) in [5.41, 5.74) is 6.27. The minimum atomic E-state index is -0.0255. The highest BCUT2D eigenvalue weighted by molar-refractivity contribution is 6.30. The maximum absolute atomic E-state index is 11.1. The quantitative estimate of drug-likeness (QED) is 0.853. The predicted molar refractivity (Wildman–Crippen MR) is 64.2 cm³/mol. The lowest BCUT2D eigenvalue weighted by atomic mass is 10.2. The number of hydrogen-bond acceptors (Lipinski definition) is 2. The molecular weight excluding hydrogens is 235 g/mol. The fourth-order valence-electron chi connectivity index (χ4n) is 1.02. The van der Waals surface area contributed by atoms with Crippen LogP contribution in [0, 0.1) is 0 Å². The van der Waals surface area contributed by atoms with E-state index < -0.39 is 0 Å². The van der Waals surface area contributed by atoms with E-state index >= 15 is 0 Å². The number of amides is 1. The molecule has 0 aromatic heterocycles. The van der Waals surface area contributed by atoms with Crippen LogP contribution in [-0.2, 0) is 11.3 Å². The predicted octanol–water partition coefficient (Wildman–Crippen LogP) is 1.73.